The first-order valence-corrected chi connectivity index (χ1v) is 43.4. The predicted octanol–water partition coefficient (Wildman–Crippen LogP) is 10.7. The third kappa shape index (κ3) is 25.3. The van der Waals surface area contributed by atoms with Gasteiger partial charge in [-0.05, 0) is 183 Å². The van der Waals surface area contributed by atoms with Crippen LogP contribution in [0.15, 0.2) is 231 Å². The zero-order chi connectivity index (χ0) is 97.5. The molecule has 0 atom stereocenters. The number of aromatic amines is 8. The maximum absolute atomic E-state index is 12.6. The summed E-state index contributed by atoms with van der Waals surface area (Å²) in [6, 6.07) is 65.0. The molecule has 3 amide bonds. The number of carbonyl (C=O) groups is 3. The van der Waals surface area contributed by atoms with Gasteiger partial charge in [0.25, 0.3) is 17.5 Å². The minimum absolute atomic E-state index is 0.0531. The number of aryl methyl sites for hydroxylation is 2. The summed E-state index contributed by atoms with van der Waals surface area (Å²) < 4.78 is 21.3. The monoisotopic (exact) mass is 1890 g/mol. The zero-order valence-electron chi connectivity index (χ0n) is 76.6. The normalized spacial score (nSPS) is 12.3. The molecule has 3 aliphatic rings. The third-order valence-electron chi connectivity index (χ3n) is 21.4. The fourth-order valence-corrected chi connectivity index (χ4v) is 14.3. The average molecular weight is 1890 g/mol. The van der Waals surface area contributed by atoms with Gasteiger partial charge in [-0.3, -0.25) is 29.7 Å². The maximum atomic E-state index is 12.6. The minimum Gasteiger partial charge on any atom is -0.496 e. The molecule has 2 saturated heterocycles. The van der Waals surface area contributed by atoms with E-state index < -0.39 is 10.5 Å². The standard InChI is InChI=1S/C17H22N6O3.C12H14N6O.2C12H9N5.C12H10N4.C10H12N4O2.C9H8N4O.C8H7N5O2/c1-17(2,3)26-16(25)23-10-8-22(9-11-23)15(24)13-6-4-12(5-7-13)14-18-20-21-19-14;19-12(18-7-5-13-6-8-18)10-3-1-9(2-4-10)11-14-16-17-15-11;1-3-9(11-5-2-6-13-8-11)7-10(4-1)12-14-16-17-15-12;1-2-11(8-13-7-1)9-3-5-10(6-4-9)12-14-16-17-15-12;1-8-6-7-11(12-13-15-16-14-12)10-5-3-2-4-9(8)10;1-6-8(15-2)4-7(5-9(6)16-3)10-11-13-14-12-10;1-2-7(9-10-12-13-11-9)5-8-6(1)3-4-14-8;1-5-2-3-6(4-7(5)13(14)15)8-9-11-12-10-8/h4-7H,8-11H2,1-3H3,(H,18,19,20,21);1-4,13H,5-8H2,(H,14,15,16,17);2*1-8H,(H,14,15,16,17);2-7H,1H3,(H,13,14,15,16);4-5H,1-3H3,(H,11,12,13,14);1-2,5H,3-4H2,(H,10,11,12,13);2-4H,1H3,(H,9,10,11,12). The van der Waals surface area contributed by atoms with Gasteiger partial charge in [0, 0.05) is 162 Å². The predicted molar refractivity (Wildman–Crippen MR) is 507 cm³/mol. The van der Waals surface area contributed by atoms with Crippen LogP contribution in [-0.2, 0) is 11.2 Å². The number of hydrogen-bond acceptors (Lipinski definition) is 36. The summed E-state index contributed by atoms with van der Waals surface area (Å²) in [5.41, 5.74) is 16.0. The maximum Gasteiger partial charge on any atom is 0.410 e. The minimum atomic E-state index is -0.523. The Morgan fingerprint density at radius 3 is 1.24 bits per heavy atom. The van der Waals surface area contributed by atoms with E-state index in [1.807, 2.05) is 178 Å². The number of benzene rings is 9. The molecule has 10 aromatic heterocycles. The number of aromatic nitrogens is 34. The lowest BCUT2D eigenvalue weighted by molar-refractivity contribution is -0.385. The van der Waals surface area contributed by atoms with E-state index in [-0.39, 0.29) is 23.6 Å². The number of tetrazole rings is 8. The van der Waals surface area contributed by atoms with E-state index >= 15 is 0 Å². The van der Waals surface area contributed by atoms with E-state index in [1.54, 1.807) is 91.9 Å². The molecule has 708 valence electrons. The van der Waals surface area contributed by atoms with Gasteiger partial charge in [0.15, 0.2) is 0 Å². The van der Waals surface area contributed by atoms with Crippen LogP contribution in [0, 0.1) is 30.9 Å². The molecule has 13 heterocycles. The van der Waals surface area contributed by atoms with Crippen molar-refractivity contribution in [1.29, 1.82) is 0 Å². The fraction of sp³-hybridized carbons (Fsp3) is 0.207. The lowest BCUT2D eigenvalue weighted by Crippen LogP contribution is -2.51. The van der Waals surface area contributed by atoms with Crippen molar-refractivity contribution < 1.29 is 38.3 Å². The second-order valence-electron chi connectivity index (χ2n) is 31.6. The van der Waals surface area contributed by atoms with Crippen LogP contribution >= 0.6 is 0 Å². The summed E-state index contributed by atoms with van der Waals surface area (Å²) in [5.74, 6) is 6.71. The van der Waals surface area contributed by atoms with Gasteiger partial charge in [0.2, 0.25) is 46.6 Å². The molecular weight excluding hydrogens is 1800 g/mol. The van der Waals surface area contributed by atoms with Crippen LogP contribution < -0.4 is 19.5 Å². The molecule has 0 aliphatic carbocycles. The van der Waals surface area contributed by atoms with Crippen molar-refractivity contribution in [3.63, 3.8) is 0 Å². The van der Waals surface area contributed by atoms with Crippen LogP contribution in [-0.4, -0.2) is 291 Å². The van der Waals surface area contributed by atoms with E-state index in [9.17, 15) is 24.5 Å². The Morgan fingerprint density at radius 2 is 0.779 bits per heavy atom. The Hall–Kier alpha value is -18.9. The molecule has 0 saturated carbocycles. The molecule has 19 aromatic rings. The number of rotatable bonds is 15. The van der Waals surface area contributed by atoms with Gasteiger partial charge in [-0.15, -0.1) is 81.6 Å². The molecule has 0 radical (unpaired) electrons. The molecule has 22 rings (SSSR count). The number of fused-ring (bicyclic) bond motifs is 2. The van der Waals surface area contributed by atoms with Gasteiger partial charge in [0.05, 0.1) is 25.7 Å². The number of methoxy groups -OCH3 is 2. The number of piperazine rings is 2. The molecule has 9 aromatic carbocycles. The highest BCUT2D eigenvalue weighted by Gasteiger charge is 2.29. The summed E-state index contributed by atoms with van der Waals surface area (Å²) in [4.78, 5) is 60.7. The molecule has 0 spiro atoms. The molecule has 140 heavy (non-hydrogen) atoms. The SMILES string of the molecule is CC(C)(C)OC(=O)N1CCN(C(=O)c2ccc(-c3nn[nH]n3)cc2)CC1.COc1cc(-c2nn[nH]n2)cc(OC)c1C.Cc1ccc(-c2nn[nH]n2)c2ccccc12.Cc1ccc(-c2nn[nH]n2)cc1[N+](=O)[O-].O=C(c1ccc(-c2nn[nH]n2)cc1)N1CCNCC1.c1cc2c(cc1-c1nn[nH]n1)OCC2.c1cncc(-c2ccc(-c3nn[nH]n3)cc2)c1.c1cncc(-c2cccc(-c3nn[nH]n3)c2)c1. The summed E-state index contributed by atoms with van der Waals surface area (Å²) in [7, 11) is 3.23. The van der Waals surface area contributed by atoms with Crippen LogP contribution in [0.5, 0.6) is 17.2 Å². The molecule has 3 aliphatic heterocycles. The van der Waals surface area contributed by atoms with E-state index in [0.717, 1.165) is 129 Å². The first-order valence-electron chi connectivity index (χ1n) is 43.4. The second kappa shape index (κ2) is 46.6. The quantitative estimate of drug-likeness (QED) is 0.0340. The van der Waals surface area contributed by atoms with Crippen molar-refractivity contribution in [1.82, 2.24) is 195 Å². The van der Waals surface area contributed by atoms with Gasteiger partial charge in [-0.2, -0.15) is 41.7 Å². The Morgan fingerprint density at radius 1 is 0.386 bits per heavy atom. The molecular formula is C92H91N39O9. The lowest BCUT2D eigenvalue weighted by atomic mass is 10.0. The number of carbonyl (C=O) groups excluding carboxylic acids is 3. The first-order chi connectivity index (χ1) is 68.3. The first kappa shape index (κ1) is 95.7. The van der Waals surface area contributed by atoms with Gasteiger partial charge >= 0.3 is 6.09 Å². The summed E-state index contributed by atoms with van der Waals surface area (Å²) in [5, 5.41) is 126. The number of hydrogen-bond donors (Lipinski definition) is 9. The van der Waals surface area contributed by atoms with E-state index in [0.29, 0.717) is 95.0 Å². The topological polar surface area (TPSA) is 614 Å². The average Bonchev–Trinajstić information content (AvgIpc) is 1.16. The van der Waals surface area contributed by atoms with Gasteiger partial charge in [-0.1, -0.05) is 140 Å². The largest absolute Gasteiger partial charge is 0.496 e. The summed E-state index contributed by atoms with van der Waals surface area (Å²) >= 11 is 0. The van der Waals surface area contributed by atoms with E-state index in [2.05, 4.69) is 205 Å². The van der Waals surface area contributed by atoms with Crippen LogP contribution in [0.25, 0.3) is 124 Å². The number of ether oxygens (including phenoxy) is 4. The second-order valence-corrected chi connectivity index (χ2v) is 31.6. The van der Waals surface area contributed by atoms with Crippen molar-refractivity contribution in [3.05, 3.63) is 275 Å². The fourth-order valence-electron chi connectivity index (χ4n) is 14.3. The highest BCUT2D eigenvalue weighted by molar-refractivity contribution is 5.97. The number of nitrogens with one attached hydrogen (secondary N) is 9. The van der Waals surface area contributed by atoms with Crippen LogP contribution in [0.3, 0.4) is 0 Å². The van der Waals surface area contributed by atoms with Crippen molar-refractivity contribution in [2.75, 3.05) is 73.2 Å². The smallest absolute Gasteiger partial charge is 0.410 e. The van der Waals surface area contributed by atoms with E-state index in [4.69, 9.17) is 18.9 Å². The summed E-state index contributed by atoms with van der Waals surface area (Å²) in [6.07, 6.45) is 7.83. The number of nitrogens with zero attached hydrogens (tertiary/aromatic N) is 30. The molecule has 0 unspecified atom stereocenters. The van der Waals surface area contributed by atoms with Crippen molar-refractivity contribution >= 4 is 34.4 Å². The van der Waals surface area contributed by atoms with Gasteiger partial charge in [-0.25, -0.2) is 4.79 Å². The van der Waals surface area contributed by atoms with Crippen molar-refractivity contribution in [2.45, 2.75) is 53.6 Å². The number of amides is 3. The number of H-pyrrole nitrogens is 8. The Bertz CT molecular complexity index is 7080. The van der Waals surface area contributed by atoms with Crippen LogP contribution in [0.2, 0.25) is 0 Å². The molecule has 9 N–H and O–H groups in total. The molecule has 2 fully saturated rings. The zero-order valence-corrected chi connectivity index (χ0v) is 76.6. The van der Waals surface area contributed by atoms with E-state index in [1.165, 1.54) is 22.6 Å². The molecule has 0 bridgehead atoms. The Balaban J connectivity index is 0.000000122. The Kier molecular flexibility index (Phi) is 31.9. The number of nitro groups is 1. The van der Waals surface area contributed by atoms with Gasteiger partial charge in [0.1, 0.15) is 22.8 Å². The number of pyridine rings is 2. The highest BCUT2D eigenvalue weighted by atomic mass is 16.6. The van der Waals surface area contributed by atoms with Crippen molar-refractivity contribution in [2.24, 2.45) is 0 Å². The molecule has 48 heteroatoms. The van der Waals surface area contributed by atoms with Crippen LogP contribution in [0.1, 0.15) is 63.7 Å². The summed E-state index contributed by atoms with van der Waals surface area (Å²) in [6.45, 7) is 17.1. The highest BCUT2D eigenvalue weighted by Crippen LogP contribution is 2.35. The Labute approximate surface area is 795 Å². The number of nitro benzene ring substituents is 1. The van der Waals surface area contributed by atoms with Crippen molar-refractivity contribution in [3.8, 4) is 131 Å². The molecule has 48 nitrogen and oxygen atoms in total. The van der Waals surface area contributed by atoms with Gasteiger partial charge < -0.3 is 39.0 Å². The lowest BCUT2D eigenvalue weighted by Gasteiger charge is -2.35. The van der Waals surface area contributed by atoms with Crippen LogP contribution in [0.4, 0.5) is 10.5 Å². The third-order valence-corrected chi connectivity index (χ3v) is 21.4.